The van der Waals surface area contributed by atoms with Gasteiger partial charge in [-0.15, -0.1) is 5.92 Å². The lowest BCUT2D eigenvalue weighted by molar-refractivity contribution is 0.175. The molecule has 2 nitrogen and oxygen atoms in total. The second-order valence-electron chi connectivity index (χ2n) is 16.6. The number of ether oxygens (including phenoxy) is 1. The molecule has 0 amide bonds. The van der Waals surface area contributed by atoms with Crippen LogP contribution in [0.4, 0.5) is 11.4 Å². The van der Waals surface area contributed by atoms with Gasteiger partial charge in [0.2, 0.25) is 0 Å². The van der Waals surface area contributed by atoms with E-state index in [4.69, 9.17) is 4.74 Å². The van der Waals surface area contributed by atoms with E-state index in [1.807, 2.05) is 0 Å². The van der Waals surface area contributed by atoms with E-state index in [9.17, 15) is 0 Å². The third kappa shape index (κ3) is 5.38. The van der Waals surface area contributed by atoms with Crippen molar-refractivity contribution in [2.75, 3.05) is 4.90 Å². The number of rotatable bonds is 5. The number of fused-ring (bicyclic) bond motifs is 11. The summed E-state index contributed by atoms with van der Waals surface area (Å²) in [6.07, 6.45) is 15.9. The predicted octanol–water partition coefficient (Wildman–Crippen LogP) is 11.6. The maximum Gasteiger partial charge on any atom is 0.172 e. The minimum absolute atomic E-state index is 0.0592. The molecule has 1 radical (unpaired) electrons. The van der Waals surface area contributed by atoms with Gasteiger partial charge in [0.05, 0.1) is 5.92 Å². The summed E-state index contributed by atoms with van der Waals surface area (Å²) in [5, 5.41) is 5.26. The fraction of sp³-hybridized carbons (Fsp3) is 0.164. The first-order valence-corrected chi connectivity index (χ1v) is 20.7. The normalized spacial score (nSPS) is 24.1. The summed E-state index contributed by atoms with van der Waals surface area (Å²) in [6, 6.07) is 44.4. The van der Waals surface area contributed by atoms with Crippen molar-refractivity contribution in [1.29, 1.82) is 0 Å². The Balaban J connectivity index is 0.943. The minimum atomic E-state index is -0.0710. The molecule has 0 fully saturated rings. The van der Waals surface area contributed by atoms with E-state index in [2.05, 4.69) is 201 Å². The van der Waals surface area contributed by atoms with Crippen LogP contribution in [0.3, 0.4) is 0 Å². The van der Waals surface area contributed by atoms with Crippen LogP contribution in [-0.2, 0) is 11.2 Å². The number of hydrogen-bond acceptors (Lipinski definition) is 2. The Bertz CT molecular complexity index is 3010. The summed E-state index contributed by atoms with van der Waals surface area (Å²) in [6.45, 7) is 2.32. The Morgan fingerprint density at radius 2 is 1.45 bits per heavy atom. The van der Waals surface area contributed by atoms with Gasteiger partial charge in [-0.3, -0.25) is 0 Å². The topological polar surface area (TPSA) is 12.5 Å². The van der Waals surface area contributed by atoms with Crippen molar-refractivity contribution in [3.63, 3.8) is 0 Å². The van der Waals surface area contributed by atoms with Crippen molar-refractivity contribution in [1.82, 2.24) is 0 Å². The first kappa shape index (κ1) is 33.5. The molecule has 4 aliphatic carbocycles. The molecule has 6 aromatic carbocycles. The van der Waals surface area contributed by atoms with Crippen LogP contribution in [0, 0.1) is 41.4 Å². The highest BCUT2D eigenvalue weighted by molar-refractivity contribution is 6.58. The first-order valence-electron chi connectivity index (χ1n) is 20.7. The Morgan fingerprint density at radius 3 is 2.34 bits per heavy atom. The molecule has 0 bridgehead atoms. The molecule has 3 heteroatoms. The summed E-state index contributed by atoms with van der Waals surface area (Å²) in [5.41, 5.74) is 13.8. The van der Waals surface area contributed by atoms with Gasteiger partial charge >= 0.3 is 0 Å². The molecule has 58 heavy (non-hydrogen) atoms. The van der Waals surface area contributed by atoms with Crippen molar-refractivity contribution < 1.29 is 4.74 Å². The van der Waals surface area contributed by atoms with Crippen LogP contribution in [0.2, 0.25) is 5.82 Å². The highest BCUT2D eigenvalue weighted by atomic mass is 16.5. The van der Waals surface area contributed by atoms with Gasteiger partial charge in [-0.05, 0) is 122 Å². The summed E-state index contributed by atoms with van der Waals surface area (Å²) in [5.74, 6) is 16.2. The molecule has 0 N–H and O–H groups in total. The summed E-state index contributed by atoms with van der Waals surface area (Å²) < 4.78 is 6.58. The van der Waals surface area contributed by atoms with Gasteiger partial charge in [-0.1, -0.05) is 140 Å². The monoisotopic (exact) mass is 740 g/mol. The minimum Gasteiger partial charge on any atom is -0.477 e. The second-order valence-corrected chi connectivity index (χ2v) is 16.6. The third-order valence-corrected chi connectivity index (χ3v) is 13.1. The van der Waals surface area contributed by atoms with Crippen molar-refractivity contribution in [3.8, 4) is 34.8 Å². The van der Waals surface area contributed by atoms with Gasteiger partial charge in [0.25, 0.3) is 0 Å². The molecule has 0 aromatic heterocycles. The van der Waals surface area contributed by atoms with Crippen LogP contribution in [-0.4, -0.2) is 13.4 Å². The number of allylic oxidation sites excluding steroid dienone is 5. The lowest BCUT2D eigenvalue weighted by Crippen LogP contribution is -2.24. The van der Waals surface area contributed by atoms with Gasteiger partial charge in [-0.2, -0.15) is 0 Å². The van der Waals surface area contributed by atoms with Crippen LogP contribution >= 0.6 is 0 Å². The maximum absolute atomic E-state index is 6.58. The molecule has 6 atom stereocenters. The molecule has 6 aromatic rings. The molecule has 12 rings (SSSR count). The average molecular weight is 741 g/mol. The molecule has 273 valence electrons. The van der Waals surface area contributed by atoms with Crippen molar-refractivity contribution in [2.24, 2.45) is 17.8 Å². The van der Waals surface area contributed by atoms with Crippen LogP contribution in [0.5, 0.6) is 0 Å². The molecule has 0 saturated carbocycles. The number of nitrogens with zero attached hydrogens (tertiary/aromatic N) is 1. The third-order valence-electron chi connectivity index (χ3n) is 13.1. The Hall–Kier alpha value is -6.68. The van der Waals surface area contributed by atoms with E-state index in [0.717, 1.165) is 41.2 Å². The quantitative estimate of drug-likeness (QED) is 0.0991. The molecule has 2 heterocycles. The van der Waals surface area contributed by atoms with Gasteiger partial charge in [0, 0.05) is 40.3 Å². The summed E-state index contributed by atoms with van der Waals surface area (Å²) in [7, 11) is 2.33. The van der Waals surface area contributed by atoms with Crippen LogP contribution in [0.1, 0.15) is 36.0 Å². The summed E-state index contributed by atoms with van der Waals surface area (Å²) in [4.78, 5) is 2.44. The molecule has 0 spiro atoms. The Labute approximate surface area is 341 Å². The number of hydrogen-bond donors (Lipinski definition) is 0. The van der Waals surface area contributed by atoms with E-state index < -0.39 is 0 Å². The number of benzene rings is 6. The smallest absolute Gasteiger partial charge is 0.172 e. The fourth-order valence-corrected chi connectivity index (χ4v) is 10.3. The molecule has 2 aliphatic heterocycles. The molecular formula is C55H39BNO. The van der Waals surface area contributed by atoms with Crippen LogP contribution in [0.25, 0.3) is 38.7 Å². The zero-order chi connectivity index (χ0) is 38.3. The van der Waals surface area contributed by atoms with E-state index in [0.29, 0.717) is 11.8 Å². The van der Waals surface area contributed by atoms with E-state index in [1.54, 1.807) is 0 Å². The van der Waals surface area contributed by atoms with Gasteiger partial charge < -0.3 is 9.64 Å². The van der Waals surface area contributed by atoms with E-state index in [-0.39, 0.29) is 23.8 Å². The molecule has 6 aliphatic rings. The highest BCUT2D eigenvalue weighted by Gasteiger charge is 2.40. The molecule has 0 saturated heterocycles. The first-order chi connectivity index (χ1) is 28.6. The second kappa shape index (κ2) is 13.2. The SMILES string of the molecule is CC1C=Cc2c(c3ccc(N(C4=C[C@@H]5C6=C(C#CC(C7=C[C@@H]8c9ccccc9[B]C8C#C7)C6)O[C@@H]5C=C4)c4ccc(-c5ccccc5)cc4)cc3c3ccccc23)C1. The Kier molecular flexibility index (Phi) is 7.61. The van der Waals surface area contributed by atoms with Gasteiger partial charge in [-0.25, -0.2) is 0 Å². The zero-order valence-electron chi connectivity index (χ0n) is 32.3. The molecule has 3 unspecified atom stereocenters. The maximum atomic E-state index is 6.58. The highest BCUT2D eigenvalue weighted by Crippen LogP contribution is 2.47. The largest absolute Gasteiger partial charge is 0.477 e. The van der Waals surface area contributed by atoms with Crippen molar-refractivity contribution in [2.45, 2.75) is 37.6 Å². The van der Waals surface area contributed by atoms with Crippen LogP contribution < -0.4 is 10.4 Å². The molecular weight excluding hydrogens is 701 g/mol. The fourth-order valence-electron chi connectivity index (χ4n) is 10.3. The predicted molar refractivity (Wildman–Crippen MR) is 240 cm³/mol. The van der Waals surface area contributed by atoms with E-state index in [1.165, 1.54) is 60.4 Å². The number of anilines is 2. The zero-order valence-corrected chi connectivity index (χ0v) is 32.3. The van der Waals surface area contributed by atoms with Crippen molar-refractivity contribution >= 4 is 51.7 Å². The van der Waals surface area contributed by atoms with Crippen LogP contribution in [0.15, 0.2) is 174 Å². The lowest BCUT2D eigenvalue weighted by Gasteiger charge is -2.31. The lowest BCUT2D eigenvalue weighted by atomic mass is 9.61. The van der Waals surface area contributed by atoms with Gasteiger partial charge in [0.1, 0.15) is 6.10 Å². The van der Waals surface area contributed by atoms with E-state index >= 15 is 0 Å². The van der Waals surface area contributed by atoms with Gasteiger partial charge in [0.15, 0.2) is 13.0 Å². The Morgan fingerprint density at radius 1 is 0.655 bits per heavy atom. The van der Waals surface area contributed by atoms with Crippen molar-refractivity contribution in [3.05, 3.63) is 191 Å². The summed E-state index contributed by atoms with van der Waals surface area (Å²) >= 11 is 0. The average Bonchev–Trinajstić information content (AvgIpc) is 3.84. The standard InChI is InChI=1S/C55H39BNO/c1-34-15-24-44-42-11-5-6-12-43(42)48-32-40(22-25-45(48)47(44)29-34)57(39-20-16-36(17-21-39)35-9-3-2-4-10-35)41-23-28-55-51(33-41)50-31-38(19-27-54(50)58-55)37-18-26-53-49(30-37)46-13-7-8-14-52(46)56-53/h2-17,20-25,28,30,32-34,38,49,51,53,55H,29,31H2,1H3/t34?,38?,49-,51-,53?,55-/m1/s1.